The van der Waals surface area contributed by atoms with Crippen LogP contribution in [0, 0.1) is 0 Å². The molecular weight excluding hydrogens is 272 g/mol. The lowest BCUT2D eigenvalue weighted by molar-refractivity contribution is -0.117. The maximum absolute atomic E-state index is 11.8. The van der Waals surface area contributed by atoms with Crippen LogP contribution in [-0.2, 0) is 14.3 Å². The Kier molecular flexibility index (Phi) is 6.58. The van der Waals surface area contributed by atoms with Gasteiger partial charge in [-0.05, 0) is 24.3 Å². The number of amides is 1. The number of alkyl halides is 2. The number of benzene rings is 1. The molecule has 0 spiro atoms. The van der Waals surface area contributed by atoms with Gasteiger partial charge < -0.3 is 14.8 Å². The number of nitrogens with one attached hydrogen (secondary N) is 1. The van der Waals surface area contributed by atoms with E-state index in [9.17, 15) is 18.4 Å². The fraction of sp³-hybridized carbons (Fsp3) is 0.385. The molecule has 1 aromatic carbocycles. The normalized spacial score (nSPS) is 10.4. The van der Waals surface area contributed by atoms with Crippen molar-refractivity contribution in [3.05, 3.63) is 29.8 Å². The SMILES string of the molecule is COC(=O)c1ccc(NC(=O)CCOCC(F)F)cc1. The van der Waals surface area contributed by atoms with Crippen molar-refractivity contribution in [1.29, 1.82) is 0 Å². The fourth-order valence-electron chi connectivity index (χ4n) is 1.37. The van der Waals surface area contributed by atoms with Gasteiger partial charge in [0.15, 0.2) is 0 Å². The molecule has 0 unspecified atom stereocenters. The molecule has 0 aliphatic rings. The average Bonchev–Trinajstić information content (AvgIpc) is 2.43. The molecule has 0 fully saturated rings. The van der Waals surface area contributed by atoms with Gasteiger partial charge in [-0.3, -0.25) is 4.79 Å². The van der Waals surface area contributed by atoms with Crippen molar-refractivity contribution in [2.45, 2.75) is 12.8 Å². The summed E-state index contributed by atoms with van der Waals surface area (Å²) in [6, 6.07) is 6.11. The summed E-state index contributed by atoms with van der Waals surface area (Å²) in [5, 5.41) is 2.56. The Hall–Kier alpha value is -2.02. The zero-order chi connectivity index (χ0) is 15.0. The summed E-state index contributed by atoms with van der Waals surface area (Å²) >= 11 is 0. The minimum atomic E-state index is -2.54. The summed E-state index contributed by atoms with van der Waals surface area (Å²) in [4.78, 5) is 22.7. The molecule has 0 bridgehead atoms. The maximum atomic E-state index is 11.8. The molecule has 0 saturated carbocycles. The minimum Gasteiger partial charge on any atom is -0.465 e. The monoisotopic (exact) mass is 287 g/mol. The van der Waals surface area contributed by atoms with Crippen molar-refractivity contribution < 1.29 is 27.8 Å². The number of carbonyl (C=O) groups excluding carboxylic acids is 2. The molecule has 7 heteroatoms. The van der Waals surface area contributed by atoms with Crippen LogP contribution in [0.3, 0.4) is 0 Å². The van der Waals surface area contributed by atoms with Gasteiger partial charge in [-0.1, -0.05) is 0 Å². The van der Waals surface area contributed by atoms with E-state index in [1.807, 2.05) is 0 Å². The van der Waals surface area contributed by atoms with Gasteiger partial charge >= 0.3 is 5.97 Å². The molecule has 0 aliphatic carbocycles. The Bertz CT molecular complexity index is 448. The van der Waals surface area contributed by atoms with Crippen molar-refractivity contribution in [3.8, 4) is 0 Å². The number of ether oxygens (including phenoxy) is 2. The Morgan fingerprint density at radius 1 is 1.25 bits per heavy atom. The van der Waals surface area contributed by atoms with Crippen LogP contribution < -0.4 is 5.32 Å². The third-order valence-corrected chi connectivity index (χ3v) is 2.31. The van der Waals surface area contributed by atoms with E-state index in [0.717, 1.165) is 0 Å². The smallest absolute Gasteiger partial charge is 0.337 e. The van der Waals surface area contributed by atoms with Crippen molar-refractivity contribution in [3.63, 3.8) is 0 Å². The summed E-state index contributed by atoms with van der Waals surface area (Å²) in [5.41, 5.74) is 0.863. The number of rotatable bonds is 7. The van der Waals surface area contributed by atoms with E-state index in [4.69, 9.17) is 0 Å². The number of hydrogen-bond acceptors (Lipinski definition) is 4. The van der Waals surface area contributed by atoms with Crippen molar-refractivity contribution >= 4 is 17.6 Å². The minimum absolute atomic E-state index is 0.0223. The van der Waals surface area contributed by atoms with Crippen LogP contribution in [0.5, 0.6) is 0 Å². The van der Waals surface area contributed by atoms with Crippen LogP contribution in [0.25, 0.3) is 0 Å². The molecule has 1 aromatic rings. The zero-order valence-electron chi connectivity index (χ0n) is 10.9. The second-order valence-electron chi connectivity index (χ2n) is 3.83. The molecule has 20 heavy (non-hydrogen) atoms. The lowest BCUT2D eigenvalue weighted by Gasteiger charge is -2.06. The highest BCUT2D eigenvalue weighted by atomic mass is 19.3. The third-order valence-electron chi connectivity index (χ3n) is 2.31. The van der Waals surface area contributed by atoms with Crippen LogP contribution >= 0.6 is 0 Å². The topological polar surface area (TPSA) is 64.6 Å². The van der Waals surface area contributed by atoms with Gasteiger partial charge in [0.05, 0.1) is 25.7 Å². The van der Waals surface area contributed by atoms with Gasteiger partial charge in [0, 0.05) is 5.69 Å². The predicted octanol–water partition coefficient (Wildman–Crippen LogP) is 2.08. The Morgan fingerprint density at radius 3 is 2.45 bits per heavy atom. The van der Waals surface area contributed by atoms with Crippen LogP contribution in [0.1, 0.15) is 16.8 Å². The highest BCUT2D eigenvalue weighted by molar-refractivity contribution is 5.93. The molecule has 0 saturated heterocycles. The zero-order valence-corrected chi connectivity index (χ0v) is 10.9. The van der Waals surface area contributed by atoms with Crippen LogP contribution in [0.4, 0.5) is 14.5 Å². The summed E-state index contributed by atoms with van der Waals surface area (Å²) in [6.45, 7) is -0.752. The molecule has 0 aliphatic heterocycles. The Labute approximate surface area is 114 Å². The van der Waals surface area contributed by atoms with Crippen LogP contribution in [-0.4, -0.2) is 38.6 Å². The van der Waals surface area contributed by atoms with Gasteiger partial charge in [-0.15, -0.1) is 0 Å². The Balaban J connectivity index is 2.36. The molecule has 1 N–H and O–H groups in total. The summed E-state index contributed by atoms with van der Waals surface area (Å²) < 4.78 is 32.7. The van der Waals surface area contributed by atoms with E-state index >= 15 is 0 Å². The van der Waals surface area contributed by atoms with Crippen molar-refractivity contribution in [1.82, 2.24) is 0 Å². The second-order valence-corrected chi connectivity index (χ2v) is 3.83. The average molecular weight is 287 g/mol. The first kappa shape index (κ1) is 16.0. The fourth-order valence-corrected chi connectivity index (χ4v) is 1.37. The quantitative estimate of drug-likeness (QED) is 0.616. The van der Waals surface area contributed by atoms with E-state index in [-0.39, 0.29) is 18.9 Å². The number of carbonyl (C=O) groups is 2. The summed E-state index contributed by atoms with van der Waals surface area (Å²) in [7, 11) is 1.28. The van der Waals surface area contributed by atoms with Crippen LogP contribution in [0.15, 0.2) is 24.3 Å². The van der Waals surface area contributed by atoms with E-state index in [1.54, 1.807) is 12.1 Å². The first-order valence-electron chi connectivity index (χ1n) is 5.87. The van der Waals surface area contributed by atoms with E-state index in [2.05, 4.69) is 14.8 Å². The van der Waals surface area contributed by atoms with Crippen molar-refractivity contribution in [2.75, 3.05) is 25.6 Å². The Morgan fingerprint density at radius 2 is 1.90 bits per heavy atom. The number of halogens is 2. The second kappa shape index (κ2) is 8.21. The lowest BCUT2D eigenvalue weighted by atomic mass is 10.2. The number of anilines is 1. The van der Waals surface area contributed by atoms with Gasteiger partial charge in [-0.25, -0.2) is 13.6 Å². The largest absolute Gasteiger partial charge is 0.465 e. The molecule has 0 heterocycles. The van der Waals surface area contributed by atoms with E-state index < -0.39 is 19.0 Å². The van der Waals surface area contributed by atoms with Crippen molar-refractivity contribution in [2.24, 2.45) is 0 Å². The lowest BCUT2D eigenvalue weighted by Crippen LogP contribution is -2.15. The van der Waals surface area contributed by atoms with E-state index in [0.29, 0.717) is 11.3 Å². The van der Waals surface area contributed by atoms with Gasteiger partial charge in [0.25, 0.3) is 6.43 Å². The predicted molar refractivity (Wildman–Crippen MR) is 67.9 cm³/mol. The molecule has 0 aromatic heterocycles. The molecular formula is C13H15F2NO4. The highest BCUT2D eigenvalue weighted by Gasteiger charge is 2.07. The molecule has 0 atom stereocenters. The summed E-state index contributed by atoms with van der Waals surface area (Å²) in [5.74, 6) is -0.826. The highest BCUT2D eigenvalue weighted by Crippen LogP contribution is 2.10. The molecule has 1 amide bonds. The standard InChI is InChI=1S/C13H15F2NO4/c1-19-13(18)9-2-4-10(5-3-9)16-12(17)6-7-20-8-11(14)15/h2-5,11H,6-8H2,1H3,(H,16,17). The third kappa shape index (κ3) is 5.75. The number of esters is 1. The van der Waals surface area contributed by atoms with E-state index in [1.165, 1.54) is 19.2 Å². The maximum Gasteiger partial charge on any atom is 0.337 e. The number of hydrogen-bond donors (Lipinski definition) is 1. The van der Waals surface area contributed by atoms with Gasteiger partial charge in [-0.2, -0.15) is 0 Å². The van der Waals surface area contributed by atoms with Gasteiger partial charge in [0.2, 0.25) is 5.91 Å². The molecule has 1 rings (SSSR count). The van der Waals surface area contributed by atoms with Crippen LogP contribution in [0.2, 0.25) is 0 Å². The first-order chi connectivity index (χ1) is 9.52. The number of methoxy groups -OCH3 is 1. The molecule has 110 valence electrons. The van der Waals surface area contributed by atoms with Gasteiger partial charge in [0.1, 0.15) is 6.61 Å². The summed E-state index contributed by atoms with van der Waals surface area (Å²) in [6.07, 6.45) is -2.56. The first-order valence-corrected chi connectivity index (χ1v) is 5.87. The molecule has 0 radical (unpaired) electrons. The molecule has 5 nitrogen and oxygen atoms in total.